The second-order valence-corrected chi connectivity index (χ2v) is 5.88. The van der Waals surface area contributed by atoms with E-state index in [2.05, 4.69) is 30.2 Å². The highest BCUT2D eigenvalue weighted by atomic mass is 16.2. The van der Waals surface area contributed by atoms with Crippen LogP contribution in [0.5, 0.6) is 0 Å². The van der Waals surface area contributed by atoms with Gasteiger partial charge in [-0.3, -0.25) is 4.79 Å². The minimum Gasteiger partial charge on any atom is -0.363 e. The summed E-state index contributed by atoms with van der Waals surface area (Å²) in [6, 6.07) is 14.2. The summed E-state index contributed by atoms with van der Waals surface area (Å²) in [6.45, 7) is 5.92. The number of anilines is 2. The monoisotopic (exact) mass is 295 g/mol. The molecule has 0 aliphatic carbocycles. The van der Waals surface area contributed by atoms with Gasteiger partial charge in [0.05, 0.1) is 6.04 Å². The summed E-state index contributed by atoms with van der Waals surface area (Å²) >= 11 is 0. The fourth-order valence-corrected chi connectivity index (χ4v) is 3.26. The van der Waals surface area contributed by atoms with E-state index in [1.165, 1.54) is 0 Å². The molecule has 3 rings (SSSR count). The van der Waals surface area contributed by atoms with Gasteiger partial charge in [0.15, 0.2) is 0 Å². The minimum atomic E-state index is 0.0862. The summed E-state index contributed by atoms with van der Waals surface area (Å²) in [4.78, 5) is 18.3. The van der Waals surface area contributed by atoms with Crippen LogP contribution in [0.3, 0.4) is 0 Å². The summed E-state index contributed by atoms with van der Waals surface area (Å²) in [5.74, 6) is 1.22. The van der Waals surface area contributed by atoms with Crippen LogP contribution >= 0.6 is 0 Å². The number of hydrogen-bond acceptors (Lipinski definition) is 3. The summed E-state index contributed by atoms with van der Waals surface area (Å²) in [5.41, 5.74) is 2.14. The lowest BCUT2D eigenvalue weighted by molar-refractivity contribution is -0.117. The zero-order chi connectivity index (χ0) is 15.7. The average molecular weight is 295 g/mol. The maximum absolute atomic E-state index is 12.1. The standard InChI is InChI=1S/C18H21N3O/c1-12-13(2)21(14(3)22)16-9-5-4-8-15(16)18(12)20-17-10-6-7-11-19-17/h4-13,18H,1-3H3,(H,19,20)/t12?,13-,18+/m0/s1. The number of pyridine rings is 1. The first-order valence-corrected chi connectivity index (χ1v) is 7.66. The number of carbonyl (C=O) groups excluding carboxylic acids is 1. The van der Waals surface area contributed by atoms with E-state index < -0.39 is 0 Å². The molecule has 3 atom stereocenters. The van der Waals surface area contributed by atoms with Crippen LogP contribution in [-0.4, -0.2) is 16.9 Å². The fraction of sp³-hybridized carbons (Fsp3) is 0.333. The number of benzene rings is 1. The van der Waals surface area contributed by atoms with Crippen LogP contribution in [0.25, 0.3) is 0 Å². The highest BCUT2D eigenvalue weighted by Crippen LogP contribution is 2.41. The Hall–Kier alpha value is -2.36. The third kappa shape index (κ3) is 2.45. The number of hydrogen-bond donors (Lipinski definition) is 1. The molecule has 1 aromatic heterocycles. The van der Waals surface area contributed by atoms with Crippen molar-refractivity contribution in [3.63, 3.8) is 0 Å². The minimum absolute atomic E-state index is 0.0862. The van der Waals surface area contributed by atoms with Gasteiger partial charge in [-0.2, -0.15) is 0 Å². The van der Waals surface area contributed by atoms with Gasteiger partial charge >= 0.3 is 0 Å². The van der Waals surface area contributed by atoms with E-state index >= 15 is 0 Å². The van der Waals surface area contributed by atoms with Crippen LogP contribution in [0, 0.1) is 5.92 Å². The number of carbonyl (C=O) groups is 1. The van der Waals surface area contributed by atoms with Crippen molar-refractivity contribution < 1.29 is 4.79 Å². The molecule has 4 nitrogen and oxygen atoms in total. The summed E-state index contributed by atoms with van der Waals surface area (Å²) in [7, 11) is 0. The molecular formula is C18H21N3O. The van der Waals surface area contributed by atoms with Crippen molar-refractivity contribution in [1.82, 2.24) is 4.98 Å². The number of nitrogens with one attached hydrogen (secondary N) is 1. The average Bonchev–Trinajstić information content (AvgIpc) is 2.52. The molecule has 22 heavy (non-hydrogen) atoms. The largest absolute Gasteiger partial charge is 0.363 e. The topological polar surface area (TPSA) is 45.2 Å². The van der Waals surface area contributed by atoms with Gasteiger partial charge in [-0.05, 0) is 30.7 Å². The lowest BCUT2D eigenvalue weighted by Gasteiger charge is -2.43. The molecular weight excluding hydrogens is 274 g/mol. The molecule has 1 aliphatic heterocycles. The van der Waals surface area contributed by atoms with Crippen molar-refractivity contribution in [3.05, 3.63) is 54.2 Å². The van der Waals surface area contributed by atoms with Gasteiger partial charge in [0, 0.05) is 30.8 Å². The first-order valence-electron chi connectivity index (χ1n) is 7.66. The lowest BCUT2D eigenvalue weighted by Crippen LogP contribution is -2.48. The number of rotatable bonds is 2. The van der Waals surface area contributed by atoms with Crippen molar-refractivity contribution >= 4 is 17.4 Å². The SMILES string of the molecule is CC(=O)N1c2ccccc2[C@H](Nc2ccccn2)C(C)[C@@H]1C. The van der Waals surface area contributed by atoms with Crippen LogP contribution in [0.15, 0.2) is 48.7 Å². The Bertz CT molecular complexity index is 671. The number of fused-ring (bicyclic) bond motifs is 1. The third-order valence-electron chi connectivity index (χ3n) is 4.53. The quantitative estimate of drug-likeness (QED) is 0.920. The molecule has 114 valence electrons. The van der Waals surface area contributed by atoms with Crippen molar-refractivity contribution in [2.45, 2.75) is 32.9 Å². The summed E-state index contributed by atoms with van der Waals surface area (Å²) < 4.78 is 0. The number of aromatic nitrogens is 1. The van der Waals surface area contributed by atoms with Gasteiger partial charge in [-0.15, -0.1) is 0 Å². The summed E-state index contributed by atoms with van der Waals surface area (Å²) in [6.07, 6.45) is 1.78. The number of amides is 1. The number of nitrogens with zero attached hydrogens (tertiary/aromatic N) is 2. The summed E-state index contributed by atoms with van der Waals surface area (Å²) in [5, 5.41) is 3.53. The maximum Gasteiger partial charge on any atom is 0.224 e. The molecule has 2 aromatic rings. The van der Waals surface area contributed by atoms with E-state index in [9.17, 15) is 4.79 Å². The van der Waals surface area contributed by atoms with Crippen molar-refractivity contribution in [1.29, 1.82) is 0 Å². The second-order valence-electron chi connectivity index (χ2n) is 5.88. The van der Waals surface area contributed by atoms with Gasteiger partial charge in [-0.25, -0.2) is 4.98 Å². The Morgan fingerprint density at radius 3 is 2.55 bits per heavy atom. The Labute approximate surface area is 131 Å². The first-order chi connectivity index (χ1) is 10.6. The molecule has 2 heterocycles. The normalized spacial score (nSPS) is 23.8. The van der Waals surface area contributed by atoms with Gasteiger partial charge in [0.1, 0.15) is 5.82 Å². The maximum atomic E-state index is 12.1. The van der Waals surface area contributed by atoms with Gasteiger partial charge in [0.25, 0.3) is 0 Å². The highest BCUT2D eigenvalue weighted by Gasteiger charge is 2.37. The molecule has 1 aromatic carbocycles. The van der Waals surface area contributed by atoms with Gasteiger partial charge in [0.2, 0.25) is 5.91 Å². The van der Waals surface area contributed by atoms with Gasteiger partial charge in [-0.1, -0.05) is 31.2 Å². The van der Waals surface area contributed by atoms with E-state index in [-0.39, 0.29) is 23.9 Å². The van der Waals surface area contributed by atoms with Crippen LogP contribution < -0.4 is 10.2 Å². The van der Waals surface area contributed by atoms with Crippen LogP contribution in [0.1, 0.15) is 32.4 Å². The van der Waals surface area contributed by atoms with E-state index in [1.54, 1.807) is 13.1 Å². The second kappa shape index (κ2) is 5.79. The van der Waals surface area contributed by atoms with Crippen LogP contribution in [-0.2, 0) is 4.79 Å². The smallest absolute Gasteiger partial charge is 0.224 e. The van der Waals surface area contributed by atoms with Crippen molar-refractivity contribution in [2.24, 2.45) is 5.92 Å². The molecule has 0 saturated carbocycles. The Morgan fingerprint density at radius 1 is 1.14 bits per heavy atom. The van der Waals surface area contributed by atoms with Crippen molar-refractivity contribution in [3.8, 4) is 0 Å². The Kier molecular flexibility index (Phi) is 3.84. The number of para-hydroxylation sites is 1. The van der Waals surface area contributed by atoms with Gasteiger partial charge < -0.3 is 10.2 Å². The molecule has 1 unspecified atom stereocenters. The zero-order valence-corrected chi connectivity index (χ0v) is 13.2. The van der Waals surface area contributed by atoms with E-state index in [1.807, 2.05) is 41.3 Å². The molecule has 0 saturated heterocycles. The third-order valence-corrected chi connectivity index (χ3v) is 4.53. The van der Waals surface area contributed by atoms with Crippen molar-refractivity contribution in [2.75, 3.05) is 10.2 Å². The lowest BCUT2D eigenvalue weighted by atomic mass is 9.83. The predicted octanol–water partition coefficient (Wildman–Crippen LogP) is 3.63. The predicted molar refractivity (Wildman–Crippen MR) is 88.8 cm³/mol. The van der Waals surface area contributed by atoms with E-state index in [0.29, 0.717) is 0 Å². The molecule has 1 amide bonds. The fourth-order valence-electron chi connectivity index (χ4n) is 3.26. The highest BCUT2D eigenvalue weighted by molar-refractivity contribution is 5.93. The first kappa shape index (κ1) is 14.6. The Morgan fingerprint density at radius 2 is 1.86 bits per heavy atom. The molecule has 0 spiro atoms. The van der Waals surface area contributed by atoms with Crippen LogP contribution in [0.4, 0.5) is 11.5 Å². The molecule has 0 radical (unpaired) electrons. The molecule has 0 fully saturated rings. The molecule has 4 heteroatoms. The van der Waals surface area contributed by atoms with E-state index in [0.717, 1.165) is 17.1 Å². The zero-order valence-electron chi connectivity index (χ0n) is 13.2. The van der Waals surface area contributed by atoms with Crippen LogP contribution in [0.2, 0.25) is 0 Å². The Balaban J connectivity index is 2.03. The molecule has 1 aliphatic rings. The molecule has 1 N–H and O–H groups in total. The molecule has 0 bridgehead atoms. The van der Waals surface area contributed by atoms with E-state index in [4.69, 9.17) is 0 Å².